The van der Waals surface area contributed by atoms with E-state index in [1.54, 1.807) is 31.6 Å². The molecule has 1 N–H and O–H groups in total. The Morgan fingerprint density at radius 1 is 1.00 bits per heavy atom. The highest BCUT2D eigenvalue weighted by Crippen LogP contribution is 2.34. The number of hydrogen-bond acceptors (Lipinski definition) is 4. The van der Waals surface area contributed by atoms with E-state index in [0.29, 0.717) is 17.1 Å². The number of nitrogens with zero attached hydrogens (tertiary/aromatic N) is 2. The van der Waals surface area contributed by atoms with Gasteiger partial charge in [-0.15, -0.1) is 0 Å². The lowest BCUT2D eigenvalue weighted by atomic mass is 10.3. The van der Waals surface area contributed by atoms with Gasteiger partial charge in [-0.05, 0) is 38.1 Å². The largest absolute Gasteiger partial charge is 0.278 e. The minimum absolute atomic E-state index is 0.231. The number of hydrogen-bond donors (Lipinski definition) is 1. The third kappa shape index (κ3) is 3.72. The van der Waals surface area contributed by atoms with Gasteiger partial charge < -0.3 is 0 Å². The maximum Gasteiger partial charge on any atom is 0.265 e. The summed E-state index contributed by atoms with van der Waals surface area (Å²) < 4.78 is 30.1. The van der Waals surface area contributed by atoms with E-state index in [9.17, 15) is 8.42 Å². The number of rotatable bonds is 5. The zero-order valence-electron chi connectivity index (χ0n) is 14.2. The molecule has 0 aliphatic carbocycles. The molecule has 5 nitrogen and oxygen atoms in total. The molecule has 0 unspecified atom stereocenters. The molecule has 0 amide bonds. The van der Waals surface area contributed by atoms with Gasteiger partial charge in [0, 0.05) is 16.8 Å². The van der Waals surface area contributed by atoms with Crippen LogP contribution < -0.4 is 4.72 Å². The second-order valence-electron chi connectivity index (χ2n) is 5.64. The maximum absolute atomic E-state index is 12.9. The number of nitrogens with one attached hydrogen (secondary N) is 1. The van der Waals surface area contributed by atoms with Crippen molar-refractivity contribution >= 4 is 27.5 Å². The molecule has 25 heavy (non-hydrogen) atoms. The van der Waals surface area contributed by atoms with E-state index in [1.165, 1.54) is 11.8 Å². The van der Waals surface area contributed by atoms with Crippen molar-refractivity contribution in [3.63, 3.8) is 0 Å². The minimum Gasteiger partial charge on any atom is -0.278 e. The number of anilines is 1. The van der Waals surface area contributed by atoms with Crippen LogP contribution in [0.2, 0.25) is 0 Å². The summed E-state index contributed by atoms with van der Waals surface area (Å²) in [6, 6.07) is 17.2. The van der Waals surface area contributed by atoms with Crippen LogP contribution in [0, 0.1) is 13.8 Å². The Hall–Kier alpha value is -2.25. The molecule has 0 saturated carbocycles. The predicted molar refractivity (Wildman–Crippen MR) is 100 cm³/mol. The Labute approximate surface area is 152 Å². The van der Waals surface area contributed by atoms with Gasteiger partial charge in [0.25, 0.3) is 10.0 Å². The monoisotopic (exact) mass is 373 g/mol. The molecule has 7 heteroatoms. The highest BCUT2D eigenvalue weighted by atomic mass is 32.2. The van der Waals surface area contributed by atoms with Gasteiger partial charge in [-0.2, -0.15) is 5.10 Å². The van der Waals surface area contributed by atoms with Crippen LogP contribution in [-0.4, -0.2) is 18.2 Å². The van der Waals surface area contributed by atoms with E-state index < -0.39 is 10.0 Å². The number of benzene rings is 2. The molecule has 0 radical (unpaired) electrons. The fourth-order valence-electron chi connectivity index (χ4n) is 2.59. The van der Waals surface area contributed by atoms with Crippen molar-refractivity contribution in [2.24, 2.45) is 7.05 Å². The number of para-hydroxylation sites is 1. The Balaban J connectivity index is 1.95. The Morgan fingerprint density at radius 3 is 2.28 bits per heavy atom. The summed E-state index contributed by atoms with van der Waals surface area (Å²) in [6.45, 7) is 3.45. The second-order valence-corrected chi connectivity index (χ2v) is 8.37. The summed E-state index contributed by atoms with van der Waals surface area (Å²) in [5, 5.41) is 4.20. The van der Waals surface area contributed by atoms with Crippen LogP contribution in [-0.2, 0) is 17.1 Å². The fraction of sp³-hybridized carbons (Fsp3) is 0.167. The highest BCUT2D eigenvalue weighted by Gasteiger charge is 2.24. The summed E-state index contributed by atoms with van der Waals surface area (Å²) in [4.78, 5) is 2.12. The Kier molecular flexibility index (Phi) is 4.87. The van der Waals surface area contributed by atoms with Crippen LogP contribution in [0.4, 0.5) is 5.69 Å². The molecule has 0 bridgehead atoms. The van der Waals surface area contributed by atoms with Crippen molar-refractivity contribution in [2.45, 2.75) is 28.5 Å². The third-order valence-electron chi connectivity index (χ3n) is 3.81. The molecule has 0 spiro atoms. The van der Waals surface area contributed by atoms with Gasteiger partial charge >= 0.3 is 0 Å². The van der Waals surface area contributed by atoms with Gasteiger partial charge in [0.2, 0.25) is 0 Å². The average molecular weight is 374 g/mol. The summed E-state index contributed by atoms with van der Waals surface area (Å²) in [6.07, 6.45) is 0. The molecule has 0 aliphatic heterocycles. The van der Waals surface area contributed by atoms with Crippen molar-refractivity contribution in [1.29, 1.82) is 0 Å². The molecule has 3 aromatic rings. The third-order valence-corrected chi connectivity index (χ3v) is 6.51. The summed E-state index contributed by atoms with van der Waals surface area (Å²) in [7, 11) is -1.98. The average Bonchev–Trinajstić information content (AvgIpc) is 2.83. The van der Waals surface area contributed by atoms with Crippen LogP contribution in [0.5, 0.6) is 0 Å². The number of aromatic nitrogens is 2. The summed E-state index contributed by atoms with van der Waals surface area (Å²) in [5.74, 6) is 0. The minimum atomic E-state index is -3.72. The second kappa shape index (κ2) is 6.93. The lowest BCUT2D eigenvalue weighted by Gasteiger charge is -2.12. The van der Waals surface area contributed by atoms with E-state index in [-0.39, 0.29) is 4.90 Å². The van der Waals surface area contributed by atoms with Gasteiger partial charge in [-0.25, -0.2) is 8.42 Å². The fourth-order valence-corrected chi connectivity index (χ4v) is 5.10. The summed E-state index contributed by atoms with van der Waals surface area (Å²) >= 11 is 1.52. The number of aryl methyl sites for hydroxylation is 2. The molecule has 1 aromatic heterocycles. The smallest absolute Gasteiger partial charge is 0.265 e. The number of sulfonamides is 1. The van der Waals surface area contributed by atoms with Gasteiger partial charge in [0.1, 0.15) is 4.90 Å². The molecule has 1 heterocycles. The highest BCUT2D eigenvalue weighted by molar-refractivity contribution is 7.99. The molecule has 2 aromatic carbocycles. The first-order chi connectivity index (χ1) is 11.9. The molecule has 130 valence electrons. The van der Waals surface area contributed by atoms with Crippen molar-refractivity contribution in [1.82, 2.24) is 9.78 Å². The lowest BCUT2D eigenvalue weighted by Crippen LogP contribution is -2.15. The predicted octanol–water partition coefficient (Wildman–Crippen LogP) is 3.99. The van der Waals surface area contributed by atoms with Crippen LogP contribution >= 0.6 is 11.8 Å². The summed E-state index contributed by atoms with van der Waals surface area (Å²) in [5.41, 5.74) is 1.65. The Morgan fingerprint density at radius 2 is 1.64 bits per heavy atom. The van der Waals surface area contributed by atoms with Crippen molar-refractivity contribution in [3.05, 3.63) is 66.0 Å². The van der Waals surface area contributed by atoms with Crippen LogP contribution in [0.1, 0.15) is 11.4 Å². The van der Waals surface area contributed by atoms with E-state index in [1.807, 2.05) is 48.5 Å². The molecule has 0 fully saturated rings. The quantitative estimate of drug-likeness (QED) is 0.734. The standard InChI is InChI=1S/C18H19N3O2S2/c1-13-18(14(2)21(3)19-13)25(22,23)20-16-11-7-8-12-17(16)24-15-9-5-4-6-10-15/h4-12,20H,1-3H3. The van der Waals surface area contributed by atoms with Gasteiger partial charge in [-0.1, -0.05) is 42.1 Å². The zero-order valence-corrected chi connectivity index (χ0v) is 15.9. The molecular formula is C18H19N3O2S2. The van der Waals surface area contributed by atoms with Gasteiger partial charge in [0.05, 0.1) is 17.1 Å². The molecule has 0 atom stereocenters. The van der Waals surface area contributed by atoms with Gasteiger partial charge in [-0.3, -0.25) is 9.40 Å². The van der Waals surface area contributed by atoms with Gasteiger partial charge in [0.15, 0.2) is 0 Å². The normalized spacial score (nSPS) is 11.5. The van der Waals surface area contributed by atoms with Crippen LogP contribution in [0.25, 0.3) is 0 Å². The maximum atomic E-state index is 12.9. The molecular weight excluding hydrogens is 354 g/mol. The van der Waals surface area contributed by atoms with E-state index in [4.69, 9.17) is 0 Å². The van der Waals surface area contributed by atoms with Crippen molar-refractivity contribution in [3.8, 4) is 0 Å². The zero-order chi connectivity index (χ0) is 18.0. The van der Waals surface area contributed by atoms with E-state index in [0.717, 1.165) is 9.79 Å². The molecule has 3 rings (SSSR count). The van der Waals surface area contributed by atoms with E-state index >= 15 is 0 Å². The Bertz CT molecular complexity index is 996. The topological polar surface area (TPSA) is 64.0 Å². The lowest BCUT2D eigenvalue weighted by molar-refractivity contribution is 0.599. The van der Waals surface area contributed by atoms with Crippen molar-refractivity contribution < 1.29 is 8.42 Å². The molecule has 0 saturated heterocycles. The SMILES string of the molecule is Cc1nn(C)c(C)c1S(=O)(=O)Nc1ccccc1Sc1ccccc1. The van der Waals surface area contributed by atoms with Crippen LogP contribution in [0.3, 0.4) is 0 Å². The first kappa shape index (κ1) is 17.6. The van der Waals surface area contributed by atoms with E-state index in [2.05, 4.69) is 9.82 Å². The van der Waals surface area contributed by atoms with Crippen LogP contribution in [0.15, 0.2) is 69.3 Å². The van der Waals surface area contributed by atoms with Crippen molar-refractivity contribution in [2.75, 3.05) is 4.72 Å². The molecule has 0 aliphatic rings. The first-order valence-corrected chi connectivity index (χ1v) is 10.0. The first-order valence-electron chi connectivity index (χ1n) is 7.73.